The number of nitrogens with zero attached hydrogens (tertiary/aromatic N) is 2. The summed E-state index contributed by atoms with van der Waals surface area (Å²) >= 11 is 0. The number of carbonyl (C=O) groups excluding carboxylic acids is 1. The monoisotopic (exact) mass is 516 g/mol. The molecule has 5 N–H and O–H groups in total. The molecular formula is C31H40N4O3. The molecule has 38 heavy (non-hydrogen) atoms. The number of aliphatic hydroxyl groups is 1. The molecule has 1 saturated heterocycles. The lowest BCUT2D eigenvalue weighted by molar-refractivity contribution is 0.0289. The normalized spacial score (nSPS) is 19.3. The van der Waals surface area contributed by atoms with E-state index < -0.39 is 12.0 Å². The van der Waals surface area contributed by atoms with Gasteiger partial charge in [0.25, 0.3) is 5.91 Å². The first-order chi connectivity index (χ1) is 18.2. The lowest BCUT2D eigenvalue weighted by Crippen LogP contribution is -2.55. The second-order valence-corrected chi connectivity index (χ2v) is 10.7. The van der Waals surface area contributed by atoms with Gasteiger partial charge in [-0.3, -0.25) is 9.69 Å². The second-order valence-electron chi connectivity index (χ2n) is 10.7. The van der Waals surface area contributed by atoms with Crippen LogP contribution in [-0.4, -0.2) is 71.8 Å². The Morgan fingerprint density at radius 1 is 1.05 bits per heavy atom. The summed E-state index contributed by atoms with van der Waals surface area (Å²) in [4.78, 5) is 17.3. The molecule has 0 aliphatic carbocycles. The maximum absolute atomic E-state index is 12.7. The number of para-hydroxylation sites is 1. The third-order valence-corrected chi connectivity index (χ3v) is 7.77. The molecule has 1 aliphatic rings. The second kappa shape index (κ2) is 12.0. The SMILES string of the molecule is CC(CN1CC[C@@H](NC(=O)c2cccc(N)c2O)[C@H](O)C1)CC(c1ccccc1)(c1ccccc1)N(C)C. The van der Waals surface area contributed by atoms with Crippen molar-refractivity contribution in [1.29, 1.82) is 0 Å². The van der Waals surface area contributed by atoms with Crippen molar-refractivity contribution in [1.82, 2.24) is 15.1 Å². The van der Waals surface area contributed by atoms with Crippen LogP contribution in [-0.2, 0) is 5.54 Å². The lowest BCUT2D eigenvalue weighted by Gasteiger charge is -2.44. The molecule has 4 rings (SSSR count). The molecule has 1 amide bonds. The first-order valence-corrected chi connectivity index (χ1v) is 13.3. The number of β-amino-alcohol motifs (C(OH)–C–C–N with tert-alkyl or cyclic N) is 1. The molecule has 3 aromatic rings. The van der Waals surface area contributed by atoms with Gasteiger partial charge in [0.1, 0.15) is 0 Å². The summed E-state index contributed by atoms with van der Waals surface area (Å²) in [6, 6.07) is 25.6. The predicted octanol–water partition coefficient (Wildman–Crippen LogP) is 3.67. The Morgan fingerprint density at radius 2 is 1.66 bits per heavy atom. The molecule has 3 atom stereocenters. The Kier molecular flexibility index (Phi) is 8.72. The maximum atomic E-state index is 12.7. The molecule has 202 valence electrons. The van der Waals surface area contributed by atoms with Crippen molar-refractivity contribution in [3.8, 4) is 5.75 Å². The third-order valence-electron chi connectivity index (χ3n) is 7.77. The van der Waals surface area contributed by atoms with Gasteiger partial charge in [0.15, 0.2) is 5.75 Å². The van der Waals surface area contributed by atoms with Gasteiger partial charge >= 0.3 is 0 Å². The minimum absolute atomic E-state index is 0.120. The summed E-state index contributed by atoms with van der Waals surface area (Å²) in [6.45, 7) is 4.35. The smallest absolute Gasteiger partial charge is 0.255 e. The van der Waals surface area contributed by atoms with Gasteiger partial charge in [-0.1, -0.05) is 73.7 Å². The molecule has 1 heterocycles. The van der Waals surface area contributed by atoms with Crippen molar-refractivity contribution in [2.45, 2.75) is 37.5 Å². The summed E-state index contributed by atoms with van der Waals surface area (Å²) in [6.07, 6.45) is 0.832. The minimum Gasteiger partial charge on any atom is -0.505 e. The Labute approximate surface area is 225 Å². The van der Waals surface area contributed by atoms with E-state index in [1.165, 1.54) is 17.2 Å². The number of phenols is 1. The average molecular weight is 517 g/mol. The van der Waals surface area contributed by atoms with Crippen molar-refractivity contribution >= 4 is 11.6 Å². The van der Waals surface area contributed by atoms with E-state index >= 15 is 0 Å². The highest BCUT2D eigenvalue weighted by Crippen LogP contribution is 2.40. The molecule has 7 heteroatoms. The van der Waals surface area contributed by atoms with Crippen LogP contribution in [0.15, 0.2) is 78.9 Å². The van der Waals surface area contributed by atoms with Crippen molar-refractivity contribution in [3.05, 3.63) is 95.6 Å². The number of nitrogens with two attached hydrogens (primary N) is 1. The molecule has 1 aliphatic heterocycles. The van der Waals surface area contributed by atoms with Crippen molar-refractivity contribution < 1.29 is 15.0 Å². The fraction of sp³-hybridized carbons (Fsp3) is 0.387. The molecule has 7 nitrogen and oxygen atoms in total. The van der Waals surface area contributed by atoms with Crippen LogP contribution in [0.25, 0.3) is 0 Å². The van der Waals surface area contributed by atoms with Crippen LogP contribution < -0.4 is 11.1 Å². The number of rotatable bonds is 9. The summed E-state index contributed by atoms with van der Waals surface area (Å²) in [5, 5.41) is 23.9. The number of nitrogen functional groups attached to an aromatic ring is 1. The highest BCUT2D eigenvalue weighted by molar-refractivity contribution is 5.98. The lowest BCUT2D eigenvalue weighted by atomic mass is 9.75. The highest BCUT2D eigenvalue weighted by Gasteiger charge is 2.39. The van der Waals surface area contributed by atoms with Gasteiger partial charge in [-0.25, -0.2) is 0 Å². The van der Waals surface area contributed by atoms with E-state index in [-0.39, 0.29) is 28.6 Å². The average Bonchev–Trinajstić information content (AvgIpc) is 2.91. The maximum Gasteiger partial charge on any atom is 0.255 e. The Bertz CT molecular complexity index is 1160. The number of likely N-dealkylation sites (tertiary alicyclic amines) is 1. The molecule has 0 radical (unpaired) electrons. The highest BCUT2D eigenvalue weighted by atomic mass is 16.3. The molecule has 0 bridgehead atoms. The van der Waals surface area contributed by atoms with Crippen LogP contribution in [0.1, 0.15) is 41.3 Å². The van der Waals surface area contributed by atoms with Gasteiger partial charge in [0.05, 0.1) is 28.9 Å². The van der Waals surface area contributed by atoms with E-state index in [2.05, 4.69) is 96.8 Å². The Hall–Kier alpha value is -3.39. The van der Waals surface area contributed by atoms with Crippen LogP contribution in [0.3, 0.4) is 0 Å². The summed E-state index contributed by atoms with van der Waals surface area (Å²) in [7, 11) is 4.28. The number of aromatic hydroxyl groups is 1. The number of phenolic OH excluding ortho intramolecular Hbond substituents is 1. The van der Waals surface area contributed by atoms with Gasteiger partial charge in [-0.05, 0) is 56.1 Å². The van der Waals surface area contributed by atoms with E-state index in [0.717, 1.165) is 19.5 Å². The fourth-order valence-corrected chi connectivity index (χ4v) is 5.86. The van der Waals surface area contributed by atoms with E-state index in [4.69, 9.17) is 5.73 Å². The first kappa shape index (κ1) is 27.6. The number of anilines is 1. The zero-order valence-corrected chi connectivity index (χ0v) is 22.5. The molecule has 0 spiro atoms. The Balaban J connectivity index is 1.43. The zero-order valence-electron chi connectivity index (χ0n) is 22.5. The van der Waals surface area contributed by atoms with E-state index in [1.807, 2.05) is 0 Å². The third kappa shape index (κ3) is 5.85. The zero-order chi connectivity index (χ0) is 27.3. The number of carbonyl (C=O) groups is 1. The van der Waals surface area contributed by atoms with Gasteiger partial charge in [0, 0.05) is 19.6 Å². The fourth-order valence-electron chi connectivity index (χ4n) is 5.86. The van der Waals surface area contributed by atoms with Gasteiger partial charge in [0.2, 0.25) is 0 Å². The minimum atomic E-state index is -0.704. The van der Waals surface area contributed by atoms with Crippen molar-refractivity contribution in [2.75, 3.05) is 39.5 Å². The van der Waals surface area contributed by atoms with Gasteiger partial charge in [-0.15, -0.1) is 0 Å². The number of hydrogen-bond acceptors (Lipinski definition) is 6. The molecule has 1 fully saturated rings. The number of hydrogen-bond donors (Lipinski definition) is 4. The largest absolute Gasteiger partial charge is 0.505 e. The standard InChI is InChI=1S/C31H40N4O3/c1-22(19-31(34(2)3,23-11-6-4-7-12-23)24-13-8-5-9-14-24)20-35-18-17-27(28(36)21-35)33-30(38)25-15-10-16-26(32)29(25)37/h4-16,22,27-28,36-37H,17-21,32H2,1-3H3,(H,33,38)/t22?,27-,28-/m1/s1. The number of amides is 1. The molecule has 1 unspecified atom stereocenters. The van der Waals surface area contributed by atoms with Crippen molar-refractivity contribution in [2.24, 2.45) is 5.92 Å². The van der Waals surface area contributed by atoms with Crippen LogP contribution in [0, 0.1) is 5.92 Å². The quantitative estimate of drug-likeness (QED) is 0.256. The summed E-state index contributed by atoms with van der Waals surface area (Å²) in [5.74, 6) is -0.325. The number of benzene rings is 3. The molecule has 3 aromatic carbocycles. The van der Waals surface area contributed by atoms with Crippen LogP contribution in [0.4, 0.5) is 5.69 Å². The van der Waals surface area contributed by atoms with Crippen LogP contribution in [0.5, 0.6) is 5.75 Å². The topological polar surface area (TPSA) is 102 Å². The Morgan fingerprint density at radius 3 is 2.21 bits per heavy atom. The predicted molar refractivity (Wildman–Crippen MR) is 152 cm³/mol. The summed E-state index contributed by atoms with van der Waals surface area (Å²) < 4.78 is 0. The van der Waals surface area contributed by atoms with E-state index in [1.54, 1.807) is 12.1 Å². The first-order valence-electron chi connectivity index (χ1n) is 13.3. The van der Waals surface area contributed by atoms with Crippen LogP contribution >= 0.6 is 0 Å². The van der Waals surface area contributed by atoms with Crippen molar-refractivity contribution in [3.63, 3.8) is 0 Å². The number of aliphatic hydroxyl groups excluding tert-OH is 1. The molecule has 0 saturated carbocycles. The van der Waals surface area contributed by atoms with Crippen LogP contribution in [0.2, 0.25) is 0 Å². The van der Waals surface area contributed by atoms with E-state index in [0.29, 0.717) is 18.9 Å². The number of piperidine rings is 1. The van der Waals surface area contributed by atoms with Gasteiger partial charge < -0.3 is 26.2 Å². The van der Waals surface area contributed by atoms with Gasteiger partial charge in [-0.2, -0.15) is 0 Å². The number of nitrogens with one attached hydrogen (secondary N) is 1. The molecule has 0 aromatic heterocycles. The molecular weight excluding hydrogens is 476 g/mol. The van der Waals surface area contributed by atoms with E-state index in [9.17, 15) is 15.0 Å². The summed E-state index contributed by atoms with van der Waals surface area (Å²) in [5.41, 5.74) is 8.24.